The Labute approximate surface area is 302 Å². The molecule has 10 aromatic rings. The lowest BCUT2D eigenvalue weighted by Gasteiger charge is -2.21. The van der Waals surface area contributed by atoms with Crippen LogP contribution in [-0.4, -0.2) is 4.57 Å². The largest absolute Gasteiger partial charge is 0.354 e. The molecule has 0 aliphatic carbocycles. The fourth-order valence-electron chi connectivity index (χ4n) is 8.08. The van der Waals surface area contributed by atoms with Gasteiger partial charge in [0.2, 0.25) is 0 Å². The fourth-order valence-corrected chi connectivity index (χ4v) is 8.08. The third-order valence-corrected chi connectivity index (χ3v) is 10.4. The molecule has 1 N–H and O–H groups in total. The lowest BCUT2D eigenvalue weighted by molar-refractivity contribution is 1.18. The molecule has 0 unspecified atom stereocenters. The molecule has 244 valence electrons. The smallest absolute Gasteiger partial charge is 0.0620 e. The Morgan fingerprint density at radius 1 is 0.346 bits per heavy atom. The van der Waals surface area contributed by atoms with Crippen molar-refractivity contribution in [2.24, 2.45) is 0 Å². The SMILES string of the molecule is c1ccc(-c2ccc3c(Nc4ccccc4-c4cccc5c6ccccc6n(-c6ccccc6)c45)c4ccccc4c(-c4ccccc4)c3c2)cc1. The predicted octanol–water partition coefficient (Wildman–Crippen LogP) is 13.8. The van der Waals surface area contributed by atoms with Crippen molar-refractivity contribution in [3.63, 3.8) is 0 Å². The summed E-state index contributed by atoms with van der Waals surface area (Å²) in [6, 6.07) is 72.2. The van der Waals surface area contributed by atoms with Crippen LogP contribution in [0.4, 0.5) is 11.4 Å². The van der Waals surface area contributed by atoms with Gasteiger partial charge in [-0.15, -0.1) is 0 Å². The van der Waals surface area contributed by atoms with Crippen molar-refractivity contribution < 1.29 is 0 Å². The minimum atomic E-state index is 1.06. The maximum absolute atomic E-state index is 4.04. The highest BCUT2D eigenvalue weighted by Gasteiger charge is 2.20. The molecule has 0 saturated heterocycles. The molecule has 10 rings (SSSR count). The molecule has 1 aromatic heterocycles. The molecule has 52 heavy (non-hydrogen) atoms. The fraction of sp³-hybridized carbons (Fsp3) is 0. The van der Waals surface area contributed by atoms with Gasteiger partial charge in [0, 0.05) is 44.0 Å². The quantitative estimate of drug-likeness (QED) is 0.175. The van der Waals surface area contributed by atoms with Gasteiger partial charge in [0.15, 0.2) is 0 Å². The summed E-state index contributed by atoms with van der Waals surface area (Å²) in [5.74, 6) is 0. The summed E-state index contributed by atoms with van der Waals surface area (Å²) in [5, 5.41) is 11.3. The molecule has 0 spiro atoms. The van der Waals surface area contributed by atoms with E-state index in [1.807, 2.05) is 0 Å². The Bertz CT molecular complexity index is 2910. The number of hydrogen-bond acceptors (Lipinski definition) is 1. The number of benzene rings is 9. The zero-order valence-electron chi connectivity index (χ0n) is 28.5. The highest BCUT2D eigenvalue weighted by atomic mass is 15.0. The molecule has 2 heteroatoms. The van der Waals surface area contributed by atoms with Gasteiger partial charge in [-0.25, -0.2) is 0 Å². The summed E-state index contributed by atoms with van der Waals surface area (Å²) >= 11 is 0. The number of nitrogens with one attached hydrogen (secondary N) is 1. The molecule has 0 aliphatic heterocycles. The summed E-state index contributed by atoms with van der Waals surface area (Å²) in [6.07, 6.45) is 0. The first-order valence-electron chi connectivity index (χ1n) is 17.9. The Morgan fingerprint density at radius 2 is 0.923 bits per heavy atom. The number of rotatable bonds is 6. The zero-order valence-corrected chi connectivity index (χ0v) is 28.5. The second-order valence-electron chi connectivity index (χ2n) is 13.3. The molecule has 0 saturated carbocycles. The Balaban J connectivity index is 1.23. The summed E-state index contributed by atoms with van der Waals surface area (Å²) in [4.78, 5) is 0. The minimum absolute atomic E-state index is 1.06. The van der Waals surface area contributed by atoms with Gasteiger partial charge in [-0.3, -0.25) is 0 Å². The lowest BCUT2D eigenvalue weighted by Crippen LogP contribution is -1.99. The van der Waals surface area contributed by atoms with E-state index in [9.17, 15) is 0 Å². The van der Waals surface area contributed by atoms with Crippen molar-refractivity contribution in [1.82, 2.24) is 4.57 Å². The third-order valence-electron chi connectivity index (χ3n) is 10.4. The van der Waals surface area contributed by atoms with Gasteiger partial charge < -0.3 is 9.88 Å². The van der Waals surface area contributed by atoms with Crippen LogP contribution in [0.1, 0.15) is 0 Å². The second kappa shape index (κ2) is 12.5. The first-order valence-corrected chi connectivity index (χ1v) is 17.9. The molecule has 0 amide bonds. The molecule has 2 nitrogen and oxygen atoms in total. The molecular weight excluding hydrogens is 629 g/mol. The van der Waals surface area contributed by atoms with E-state index in [1.54, 1.807) is 0 Å². The van der Waals surface area contributed by atoms with Gasteiger partial charge >= 0.3 is 0 Å². The predicted molar refractivity (Wildman–Crippen MR) is 222 cm³/mol. The molecule has 0 atom stereocenters. The van der Waals surface area contributed by atoms with Gasteiger partial charge in [0.25, 0.3) is 0 Å². The average Bonchev–Trinajstić information content (AvgIpc) is 3.56. The molecule has 0 fully saturated rings. The van der Waals surface area contributed by atoms with Crippen molar-refractivity contribution in [3.05, 3.63) is 200 Å². The van der Waals surface area contributed by atoms with Crippen LogP contribution in [0.25, 0.3) is 82.4 Å². The number of nitrogens with zero attached hydrogens (tertiary/aromatic N) is 1. The summed E-state index contributed by atoms with van der Waals surface area (Å²) in [6.45, 7) is 0. The van der Waals surface area contributed by atoms with Gasteiger partial charge in [0.05, 0.1) is 16.7 Å². The molecule has 0 aliphatic rings. The van der Waals surface area contributed by atoms with Crippen LogP contribution in [0.2, 0.25) is 0 Å². The normalized spacial score (nSPS) is 11.5. The van der Waals surface area contributed by atoms with Gasteiger partial charge in [0.1, 0.15) is 0 Å². The third kappa shape index (κ3) is 4.88. The van der Waals surface area contributed by atoms with Gasteiger partial charge in [-0.1, -0.05) is 170 Å². The summed E-state index contributed by atoms with van der Waals surface area (Å²) in [7, 11) is 0. The number of aromatic nitrogens is 1. The van der Waals surface area contributed by atoms with Crippen LogP contribution >= 0.6 is 0 Å². The van der Waals surface area contributed by atoms with Gasteiger partial charge in [-0.05, 0) is 63.4 Å². The van der Waals surface area contributed by atoms with Crippen LogP contribution in [0.5, 0.6) is 0 Å². The average molecular weight is 663 g/mol. The van der Waals surface area contributed by atoms with Crippen molar-refractivity contribution in [2.45, 2.75) is 0 Å². The number of anilines is 2. The van der Waals surface area contributed by atoms with Crippen LogP contribution in [-0.2, 0) is 0 Å². The Kier molecular flexibility index (Phi) is 7.18. The topological polar surface area (TPSA) is 17.0 Å². The summed E-state index contributed by atoms with van der Waals surface area (Å²) in [5.41, 5.74) is 12.9. The van der Waals surface area contributed by atoms with Crippen molar-refractivity contribution >= 4 is 54.7 Å². The maximum Gasteiger partial charge on any atom is 0.0620 e. The Hall–Kier alpha value is -6.90. The van der Waals surface area contributed by atoms with E-state index in [0.29, 0.717) is 0 Å². The maximum atomic E-state index is 4.04. The van der Waals surface area contributed by atoms with Crippen LogP contribution in [0.3, 0.4) is 0 Å². The number of fused-ring (bicyclic) bond motifs is 5. The van der Waals surface area contributed by atoms with E-state index in [4.69, 9.17) is 0 Å². The molecule has 1 heterocycles. The van der Waals surface area contributed by atoms with Crippen molar-refractivity contribution in [3.8, 4) is 39.1 Å². The van der Waals surface area contributed by atoms with Crippen molar-refractivity contribution in [2.75, 3.05) is 5.32 Å². The van der Waals surface area contributed by atoms with Gasteiger partial charge in [-0.2, -0.15) is 0 Å². The van der Waals surface area contributed by atoms with E-state index < -0.39 is 0 Å². The first-order chi connectivity index (χ1) is 25.8. The van der Waals surface area contributed by atoms with Crippen LogP contribution < -0.4 is 5.32 Å². The number of para-hydroxylation sites is 4. The molecule has 0 radical (unpaired) electrons. The van der Waals surface area contributed by atoms with E-state index >= 15 is 0 Å². The van der Waals surface area contributed by atoms with Crippen LogP contribution in [0, 0.1) is 0 Å². The highest BCUT2D eigenvalue weighted by Crippen LogP contribution is 2.46. The molecular formula is C50H34N2. The minimum Gasteiger partial charge on any atom is -0.354 e. The van der Waals surface area contributed by atoms with E-state index in [2.05, 4.69) is 210 Å². The standard InChI is InChI=1S/C50H34N2/c1-4-17-34(18-5-1)36-31-32-42-45(33-36)48(35-19-6-2-7-20-35)40-25-10-11-26-41(40)49(42)51-46-29-14-12-23-38(46)43-27-16-28-44-39-24-13-15-30-47(39)52(50(43)44)37-21-8-3-9-22-37/h1-33,51H. The Morgan fingerprint density at radius 3 is 1.71 bits per heavy atom. The summed E-state index contributed by atoms with van der Waals surface area (Å²) < 4.78 is 2.42. The zero-order chi connectivity index (χ0) is 34.4. The first kappa shape index (κ1) is 30.0. The second-order valence-corrected chi connectivity index (χ2v) is 13.3. The molecule has 0 bridgehead atoms. The lowest BCUT2D eigenvalue weighted by atomic mass is 9.88. The number of hydrogen-bond donors (Lipinski definition) is 1. The molecule has 9 aromatic carbocycles. The monoisotopic (exact) mass is 662 g/mol. The van der Waals surface area contributed by atoms with Crippen molar-refractivity contribution in [1.29, 1.82) is 0 Å². The van der Waals surface area contributed by atoms with E-state index in [1.165, 1.54) is 71.2 Å². The highest BCUT2D eigenvalue weighted by molar-refractivity contribution is 6.22. The van der Waals surface area contributed by atoms with E-state index in [-0.39, 0.29) is 0 Å². The van der Waals surface area contributed by atoms with Crippen LogP contribution in [0.15, 0.2) is 200 Å². The van der Waals surface area contributed by atoms with E-state index in [0.717, 1.165) is 22.6 Å².